The van der Waals surface area contributed by atoms with Crippen molar-refractivity contribution in [1.82, 2.24) is 0 Å². The molecule has 1 aliphatic carbocycles. The van der Waals surface area contributed by atoms with E-state index in [0.29, 0.717) is 6.42 Å². The molecule has 0 aromatic rings. The van der Waals surface area contributed by atoms with E-state index in [1.807, 2.05) is 6.92 Å². The lowest BCUT2D eigenvalue weighted by Gasteiger charge is -2.22. The van der Waals surface area contributed by atoms with Gasteiger partial charge in [-0.25, -0.2) is 8.42 Å². The largest absolute Gasteiger partial charge is 0.395 e. The van der Waals surface area contributed by atoms with E-state index in [1.165, 1.54) is 6.26 Å². The average molecular weight is 217 g/mol. The van der Waals surface area contributed by atoms with Gasteiger partial charge in [0, 0.05) is 6.26 Å². The monoisotopic (exact) mass is 217 g/mol. The first-order chi connectivity index (χ1) is 6.35. The minimum Gasteiger partial charge on any atom is -0.395 e. The summed E-state index contributed by atoms with van der Waals surface area (Å²) in [6, 6.07) is 2.06. The van der Waals surface area contributed by atoms with Crippen molar-refractivity contribution in [2.45, 2.75) is 25.0 Å². The maximum atomic E-state index is 11.3. The van der Waals surface area contributed by atoms with Crippen LogP contribution in [-0.4, -0.2) is 31.6 Å². The zero-order valence-electron chi connectivity index (χ0n) is 8.40. The van der Waals surface area contributed by atoms with E-state index in [-0.39, 0.29) is 18.9 Å². The van der Waals surface area contributed by atoms with Crippen molar-refractivity contribution >= 4 is 9.84 Å². The summed E-state index contributed by atoms with van der Waals surface area (Å²) in [6.45, 7) is 1.57. The quantitative estimate of drug-likeness (QED) is 0.723. The number of hydrogen-bond acceptors (Lipinski definition) is 4. The minimum atomic E-state index is -3.09. The summed E-state index contributed by atoms with van der Waals surface area (Å²) >= 11 is 0. The van der Waals surface area contributed by atoms with Crippen LogP contribution in [-0.2, 0) is 9.84 Å². The predicted molar refractivity (Wildman–Crippen MR) is 52.2 cm³/mol. The molecule has 80 valence electrons. The Morgan fingerprint density at radius 3 is 2.43 bits per heavy atom. The molecule has 0 saturated heterocycles. The Balaban J connectivity index is 2.95. The van der Waals surface area contributed by atoms with Crippen molar-refractivity contribution in [1.29, 1.82) is 5.26 Å². The Bertz CT molecular complexity index is 357. The van der Waals surface area contributed by atoms with Crippen molar-refractivity contribution in [3.05, 3.63) is 0 Å². The van der Waals surface area contributed by atoms with Gasteiger partial charge in [0.25, 0.3) is 0 Å². The van der Waals surface area contributed by atoms with Crippen LogP contribution in [0.15, 0.2) is 0 Å². The maximum Gasteiger partial charge on any atom is 0.150 e. The third-order valence-electron chi connectivity index (χ3n) is 3.26. The van der Waals surface area contributed by atoms with Crippen molar-refractivity contribution in [3.63, 3.8) is 0 Å². The van der Waals surface area contributed by atoms with E-state index in [9.17, 15) is 8.42 Å². The van der Waals surface area contributed by atoms with E-state index < -0.39 is 20.5 Å². The maximum absolute atomic E-state index is 11.3. The zero-order valence-corrected chi connectivity index (χ0v) is 9.21. The summed E-state index contributed by atoms with van der Waals surface area (Å²) < 4.78 is 22.6. The van der Waals surface area contributed by atoms with E-state index in [1.54, 1.807) is 0 Å². The molecule has 0 aromatic carbocycles. The average Bonchev–Trinajstić information content (AvgIpc) is 2.43. The number of nitriles is 1. The second-order valence-electron chi connectivity index (χ2n) is 4.22. The standard InChI is InChI=1S/C9H15NO3S/c1-7-3-8(14(2,12)13)4-9(7,5-10)6-11/h7-8,11H,3-4,6H2,1-2H3. The number of sulfone groups is 1. The Hall–Kier alpha value is -0.600. The molecule has 1 N–H and O–H groups in total. The summed E-state index contributed by atoms with van der Waals surface area (Å²) in [5, 5.41) is 17.7. The number of aliphatic hydroxyl groups excluding tert-OH is 1. The van der Waals surface area contributed by atoms with Crippen LogP contribution in [0, 0.1) is 22.7 Å². The fraction of sp³-hybridized carbons (Fsp3) is 0.889. The Morgan fingerprint density at radius 1 is 1.64 bits per heavy atom. The third-order valence-corrected chi connectivity index (χ3v) is 4.83. The molecule has 0 aliphatic heterocycles. The Morgan fingerprint density at radius 2 is 2.21 bits per heavy atom. The molecule has 3 atom stereocenters. The Kier molecular flexibility index (Phi) is 2.88. The molecule has 0 spiro atoms. The molecule has 0 heterocycles. The fourth-order valence-electron chi connectivity index (χ4n) is 2.05. The number of rotatable bonds is 2. The highest BCUT2D eigenvalue weighted by molar-refractivity contribution is 7.91. The van der Waals surface area contributed by atoms with Gasteiger partial charge in [0.05, 0.1) is 23.3 Å². The molecule has 1 rings (SSSR count). The van der Waals surface area contributed by atoms with Crippen LogP contribution in [0.1, 0.15) is 19.8 Å². The highest BCUT2D eigenvalue weighted by atomic mass is 32.2. The highest BCUT2D eigenvalue weighted by Gasteiger charge is 2.48. The first kappa shape index (κ1) is 11.5. The molecule has 0 bridgehead atoms. The molecule has 0 aromatic heterocycles. The van der Waals surface area contributed by atoms with Gasteiger partial charge in [0.15, 0.2) is 0 Å². The minimum absolute atomic E-state index is 0.0581. The summed E-state index contributed by atoms with van der Waals surface area (Å²) in [6.07, 6.45) is 1.93. The van der Waals surface area contributed by atoms with Crippen LogP contribution < -0.4 is 0 Å². The highest BCUT2D eigenvalue weighted by Crippen LogP contribution is 2.44. The van der Waals surface area contributed by atoms with E-state index in [2.05, 4.69) is 6.07 Å². The number of hydrogen-bond donors (Lipinski definition) is 1. The second-order valence-corrected chi connectivity index (χ2v) is 6.54. The van der Waals surface area contributed by atoms with E-state index in [0.717, 1.165) is 0 Å². The first-order valence-electron chi connectivity index (χ1n) is 4.56. The summed E-state index contributed by atoms with van der Waals surface area (Å²) in [7, 11) is -3.09. The van der Waals surface area contributed by atoms with Gasteiger partial charge >= 0.3 is 0 Å². The second kappa shape index (κ2) is 3.52. The van der Waals surface area contributed by atoms with Crippen molar-refractivity contribution in [2.24, 2.45) is 11.3 Å². The van der Waals surface area contributed by atoms with Gasteiger partial charge in [-0.2, -0.15) is 5.26 Å². The molecule has 3 unspecified atom stereocenters. The van der Waals surface area contributed by atoms with Gasteiger partial charge in [-0.15, -0.1) is 0 Å². The molecule has 0 radical (unpaired) electrons. The van der Waals surface area contributed by atoms with Gasteiger partial charge in [-0.05, 0) is 18.8 Å². The molecular formula is C9H15NO3S. The SMILES string of the molecule is CC1CC(S(C)(=O)=O)CC1(C#N)CO. The van der Waals surface area contributed by atoms with Crippen LogP contribution in [0.2, 0.25) is 0 Å². The van der Waals surface area contributed by atoms with Gasteiger partial charge < -0.3 is 5.11 Å². The molecular weight excluding hydrogens is 202 g/mol. The first-order valence-corrected chi connectivity index (χ1v) is 6.52. The van der Waals surface area contributed by atoms with Gasteiger partial charge in [0.2, 0.25) is 0 Å². The van der Waals surface area contributed by atoms with E-state index in [4.69, 9.17) is 10.4 Å². The topological polar surface area (TPSA) is 78.2 Å². The lowest BCUT2D eigenvalue weighted by Crippen LogP contribution is -2.27. The van der Waals surface area contributed by atoms with Gasteiger partial charge in [0.1, 0.15) is 9.84 Å². The molecule has 1 aliphatic rings. The normalized spacial score (nSPS) is 38.1. The molecule has 1 saturated carbocycles. The molecule has 14 heavy (non-hydrogen) atoms. The lowest BCUT2D eigenvalue weighted by molar-refractivity contribution is 0.144. The predicted octanol–water partition coefficient (Wildman–Crippen LogP) is 0.332. The third kappa shape index (κ3) is 1.77. The van der Waals surface area contributed by atoms with Crippen LogP contribution in [0.3, 0.4) is 0 Å². The van der Waals surface area contributed by atoms with E-state index >= 15 is 0 Å². The van der Waals surface area contributed by atoms with Crippen LogP contribution >= 0.6 is 0 Å². The zero-order chi connectivity index (χ0) is 11.0. The van der Waals surface area contributed by atoms with Crippen molar-refractivity contribution in [3.8, 4) is 6.07 Å². The summed E-state index contributed by atoms with van der Waals surface area (Å²) in [5.74, 6) is -0.0581. The molecule has 4 nitrogen and oxygen atoms in total. The van der Waals surface area contributed by atoms with Crippen LogP contribution in [0.4, 0.5) is 0 Å². The van der Waals surface area contributed by atoms with Gasteiger partial charge in [-0.1, -0.05) is 6.92 Å². The molecule has 0 amide bonds. The van der Waals surface area contributed by atoms with Gasteiger partial charge in [-0.3, -0.25) is 0 Å². The van der Waals surface area contributed by atoms with Crippen LogP contribution in [0.25, 0.3) is 0 Å². The lowest BCUT2D eigenvalue weighted by atomic mass is 9.81. The fourth-order valence-corrected chi connectivity index (χ4v) is 3.29. The summed E-state index contributed by atoms with van der Waals surface area (Å²) in [5.41, 5.74) is -0.853. The Labute approximate surface area is 84.5 Å². The van der Waals surface area contributed by atoms with Crippen molar-refractivity contribution in [2.75, 3.05) is 12.9 Å². The number of nitrogens with zero attached hydrogens (tertiary/aromatic N) is 1. The molecule has 1 fully saturated rings. The van der Waals surface area contributed by atoms with Crippen molar-refractivity contribution < 1.29 is 13.5 Å². The molecule has 5 heteroatoms. The number of aliphatic hydroxyl groups is 1. The smallest absolute Gasteiger partial charge is 0.150 e. The van der Waals surface area contributed by atoms with Crippen LogP contribution in [0.5, 0.6) is 0 Å². The summed E-state index contributed by atoms with van der Waals surface area (Å²) in [4.78, 5) is 0.